The number of carboxylic acids is 1. The van der Waals surface area contributed by atoms with Crippen molar-refractivity contribution in [2.75, 3.05) is 19.7 Å². The molecule has 1 aliphatic carbocycles. The minimum Gasteiger partial charge on any atom is -0.481 e. The lowest BCUT2D eigenvalue weighted by Gasteiger charge is -2.42. The fourth-order valence-electron chi connectivity index (χ4n) is 2.43. The van der Waals surface area contributed by atoms with Crippen molar-refractivity contribution in [1.29, 1.82) is 0 Å². The molecular formula is C14H24N2O5. The van der Waals surface area contributed by atoms with E-state index in [0.29, 0.717) is 25.8 Å². The highest BCUT2D eigenvalue weighted by molar-refractivity contribution is 5.82. The zero-order valence-electron chi connectivity index (χ0n) is 12.7. The van der Waals surface area contributed by atoms with E-state index in [2.05, 4.69) is 5.32 Å². The molecule has 1 aliphatic rings. The van der Waals surface area contributed by atoms with Gasteiger partial charge in [-0.05, 0) is 32.6 Å². The van der Waals surface area contributed by atoms with Crippen LogP contribution in [0.2, 0.25) is 0 Å². The number of carboxylic acid groups (broad SMARTS) is 1. The van der Waals surface area contributed by atoms with Crippen molar-refractivity contribution in [2.45, 2.75) is 51.5 Å². The van der Waals surface area contributed by atoms with Gasteiger partial charge in [-0.3, -0.25) is 9.59 Å². The summed E-state index contributed by atoms with van der Waals surface area (Å²) >= 11 is 0. The molecule has 2 amide bonds. The number of hydrogen-bond donors (Lipinski definition) is 2. The maximum absolute atomic E-state index is 12.3. The summed E-state index contributed by atoms with van der Waals surface area (Å²) < 4.78 is 4.85. The van der Waals surface area contributed by atoms with E-state index in [9.17, 15) is 14.4 Å². The van der Waals surface area contributed by atoms with Gasteiger partial charge in [-0.2, -0.15) is 0 Å². The minimum atomic E-state index is -0.928. The molecule has 0 aliphatic heterocycles. The van der Waals surface area contributed by atoms with Gasteiger partial charge in [-0.15, -0.1) is 0 Å². The van der Waals surface area contributed by atoms with Gasteiger partial charge in [0.15, 0.2) is 0 Å². The maximum Gasteiger partial charge on any atom is 0.325 e. The molecule has 0 saturated heterocycles. The van der Waals surface area contributed by atoms with E-state index in [1.165, 1.54) is 4.90 Å². The number of carbonyl (C=O) groups is 3. The van der Waals surface area contributed by atoms with Crippen LogP contribution in [-0.2, 0) is 14.3 Å². The second-order valence-electron chi connectivity index (χ2n) is 5.36. The number of urea groups is 1. The van der Waals surface area contributed by atoms with Crippen LogP contribution in [0.3, 0.4) is 0 Å². The molecule has 0 aromatic carbocycles. The van der Waals surface area contributed by atoms with Gasteiger partial charge in [0.1, 0.15) is 6.54 Å². The number of esters is 1. The smallest absolute Gasteiger partial charge is 0.325 e. The fraction of sp³-hybridized carbons (Fsp3) is 0.786. The van der Waals surface area contributed by atoms with Crippen molar-refractivity contribution in [2.24, 2.45) is 0 Å². The van der Waals surface area contributed by atoms with Crippen molar-refractivity contribution in [1.82, 2.24) is 10.2 Å². The summed E-state index contributed by atoms with van der Waals surface area (Å²) in [5.74, 6) is -1.38. The van der Waals surface area contributed by atoms with Gasteiger partial charge in [0, 0.05) is 6.54 Å². The summed E-state index contributed by atoms with van der Waals surface area (Å²) in [5, 5.41) is 11.7. The Hall–Kier alpha value is -1.79. The number of nitrogens with one attached hydrogen (secondary N) is 1. The lowest BCUT2D eigenvalue weighted by molar-refractivity contribution is -0.144. The Morgan fingerprint density at radius 3 is 2.38 bits per heavy atom. The van der Waals surface area contributed by atoms with Crippen molar-refractivity contribution in [3.05, 3.63) is 0 Å². The molecule has 0 bridgehead atoms. The fourth-order valence-corrected chi connectivity index (χ4v) is 2.43. The van der Waals surface area contributed by atoms with Gasteiger partial charge < -0.3 is 20.1 Å². The molecule has 0 aromatic heterocycles. The number of ether oxygens (including phenoxy) is 1. The highest BCUT2D eigenvalue weighted by Gasteiger charge is 2.41. The zero-order valence-corrected chi connectivity index (χ0v) is 12.7. The van der Waals surface area contributed by atoms with Crippen LogP contribution in [0.25, 0.3) is 0 Å². The summed E-state index contributed by atoms with van der Waals surface area (Å²) in [6.45, 7) is 4.19. The standard InChI is InChI=1S/C14H24N2O5/c1-3-8-16(10-12(19)21-4-2)13(20)15-14(6-5-7-14)9-11(17)18/h3-10H2,1-2H3,(H,15,20)(H,17,18). The van der Waals surface area contributed by atoms with Crippen LogP contribution >= 0.6 is 0 Å². The Morgan fingerprint density at radius 2 is 1.95 bits per heavy atom. The highest BCUT2D eigenvalue weighted by Crippen LogP contribution is 2.35. The first-order chi connectivity index (χ1) is 9.92. The summed E-state index contributed by atoms with van der Waals surface area (Å²) in [7, 11) is 0. The molecule has 120 valence electrons. The molecule has 0 unspecified atom stereocenters. The number of nitrogens with zero attached hydrogens (tertiary/aromatic N) is 1. The van der Waals surface area contributed by atoms with E-state index >= 15 is 0 Å². The molecule has 0 aromatic rings. The molecule has 0 spiro atoms. The van der Waals surface area contributed by atoms with Crippen LogP contribution in [0.5, 0.6) is 0 Å². The van der Waals surface area contributed by atoms with Crippen molar-refractivity contribution in [3.63, 3.8) is 0 Å². The van der Waals surface area contributed by atoms with Gasteiger partial charge in [0.05, 0.1) is 18.6 Å². The Bertz CT molecular complexity index is 393. The van der Waals surface area contributed by atoms with Crippen LogP contribution in [0.4, 0.5) is 4.79 Å². The lowest BCUT2D eigenvalue weighted by atomic mass is 9.74. The average Bonchev–Trinajstić information content (AvgIpc) is 2.35. The third-order valence-electron chi connectivity index (χ3n) is 3.58. The van der Waals surface area contributed by atoms with E-state index in [4.69, 9.17) is 9.84 Å². The molecule has 21 heavy (non-hydrogen) atoms. The van der Waals surface area contributed by atoms with E-state index < -0.39 is 23.5 Å². The first-order valence-electron chi connectivity index (χ1n) is 7.37. The van der Waals surface area contributed by atoms with Crippen LogP contribution < -0.4 is 5.32 Å². The third-order valence-corrected chi connectivity index (χ3v) is 3.58. The first kappa shape index (κ1) is 17.3. The first-order valence-corrected chi connectivity index (χ1v) is 7.37. The highest BCUT2D eigenvalue weighted by atomic mass is 16.5. The average molecular weight is 300 g/mol. The topological polar surface area (TPSA) is 95.9 Å². The third kappa shape index (κ3) is 5.24. The Kier molecular flexibility index (Phi) is 6.45. The van der Waals surface area contributed by atoms with Crippen LogP contribution in [0, 0.1) is 0 Å². The van der Waals surface area contributed by atoms with Crippen molar-refractivity contribution >= 4 is 18.0 Å². The zero-order chi connectivity index (χ0) is 15.9. The number of rotatable bonds is 8. The largest absolute Gasteiger partial charge is 0.481 e. The van der Waals surface area contributed by atoms with Crippen LogP contribution in [0.1, 0.15) is 46.0 Å². The van der Waals surface area contributed by atoms with Crippen LogP contribution in [0.15, 0.2) is 0 Å². The van der Waals surface area contributed by atoms with E-state index in [-0.39, 0.29) is 19.6 Å². The van der Waals surface area contributed by atoms with E-state index in [0.717, 1.165) is 6.42 Å². The molecular weight excluding hydrogens is 276 g/mol. The van der Waals surface area contributed by atoms with Crippen molar-refractivity contribution < 1.29 is 24.2 Å². The normalized spacial score (nSPS) is 15.7. The van der Waals surface area contributed by atoms with Gasteiger partial charge in [-0.25, -0.2) is 4.79 Å². The molecule has 0 radical (unpaired) electrons. The molecule has 7 heteroatoms. The van der Waals surface area contributed by atoms with Gasteiger partial charge in [0.2, 0.25) is 0 Å². The second-order valence-corrected chi connectivity index (χ2v) is 5.36. The summed E-state index contributed by atoms with van der Waals surface area (Å²) in [6, 6.07) is -0.397. The number of hydrogen-bond acceptors (Lipinski definition) is 4. The Labute approximate surface area is 124 Å². The molecule has 0 atom stereocenters. The molecule has 0 heterocycles. The van der Waals surface area contributed by atoms with Crippen LogP contribution in [-0.4, -0.2) is 53.2 Å². The second kappa shape index (κ2) is 7.85. The number of amides is 2. The summed E-state index contributed by atoms with van der Waals surface area (Å²) in [5.41, 5.74) is -0.663. The monoisotopic (exact) mass is 300 g/mol. The number of carbonyl (C=O) groups excluding carboxylic acids is 2. The van der Waals surface area contributed by atoms with Crippen molar-refractivity contribution in [3.8, 4) is 0 Å². The van der Waals surface area contributed by atoms with Gasteiger partial charge in [-0.1, -0.05) is 6.92 Å². The Balaban J connectivity index is 2.63. The molecule has 7 nitrogen and oxygen atoms in total. The molecule has 1 saturated carbocycles. The quantitative estimate of drug-likeness (QED) is 0.660. The predicted octanol–water partition coefficient (Wildman–Crippen LogP) is 1.37. The molecule has 2 N–H and O–H groups in total. The van der Waals surface area contributed by atoms with E-state index in [1.807, 2.05) is 6.92 Å². The number of aliphatic carboxylic acids is 1. The van der Waals surface area contributed by atoms with E-state index in [1.54, 1.807) is 6.92 Å². The predicted molar refractivity (Wildman–Crippen MR) is 75.9 cm³/mol. The van der Waals surface area contributed by atoms with Gasteiger partial charge >= 0.3 is 18.0 Å². The Morgan fingerprint density at radius 1 is 1.29 bits per heavy atom. The summed E-state index contributed by atoms with van der Waals surface area (Å²) in [4.78, 5) is 36.1. The minimum absolute atomic E-state index is 0.0852. The molecule has 1 rings (SSSR count). The maximum atomic E-state index is 12.3. The SMILES string of the molecule is CCCN(CC(=O)OCC)C(=O)NC1(CC(=O)O)CCC1. The summed E-state index contributed by atoms with van der Waals surface area (Å²) in [6.07, 6.45) is 2.84. The molecule has 1 fully saturated rings. The lowest BCUT2D eigenvalue weighted by Crippen LogP contribution is -2.58. The van der Waals surface area contributed by atoms with Gasteiger partial charge in [0.25, 0.3) is 0 Å².